The van der Waals surface area contributed by atoms with Gasteiger partial charge in [-0.05, 0) is 31.1 Å². The van der Waals surface area contributed by atoms with Crippen LogP contribution in [0.3, 0.4) is 0 Å². The molecule has 1 saturated heterocycles. The Morgan fingerprint density at radius 3 is 2.12 bits per heavy atom. The molecule has 0 aromatic heterocycles. The quantitative estimate of drug-likeness (QED) is 0.689. The molecule has 17 heavy (non-hydrogen) atoms. The first-order chi connectivity index (χ1) is 8.17. The Morgan fingerprint density at radius 1 is 1.18 bits per heavy atom. The largest absolute Gasteiger partial charge is 0.343 e. The molecule has 0 aromatic carbocycles. The van der Waals surface area contributed by atoms with E-state index in [9.17, 15) is 4.79 Å². The van der Waals surface area contributed by atoms with Crippen molar-refractivity contribution in [2.75, 3.05) is 13.1 Å². The fourth-order valence-corrected chi connectivity index (χ4v) is 3.15. The van der Waals surface area contributed by atoms with Crippen molar-refractivity contribution in [3.8, 4) is 0 Å². The topological polar surface area (TPSA) is 20.3 Å². The molecule has 0 saturated carbocycles. The molecule has 2 heteroatoms. The standard InChI is InChI=1S/C15H29NO/c1-4-6-14(7-5-2)12-15-8-10-16(11-9-15)13(3)17/h14-15H,4-12H2,1-3H3. The van der Waals surface area contributed by atoms with Crippen molar-refractivity contribution in [1.29, 1.82) is 0 Å². The SMILES string of the molecule is CCCC(CCC)CC1CCN(C(C)=O)CC1. The lowest BCUT2D eigenvalue weighted by Crippen LogP contribution is -2.37. The highest BCUT2D eigenvalue weighted by Crippen LogP contribution is 2.28. The van der Waals surface area contributed by atoms with Gasteiger partial charge in [0, 0.05) is 20.0 Å². The summed E-state index contributed by atoms with van der Waals surface area (Å²) in [6, 6.07) is 0. The minimum atomic E-state index is 0.252. The van der Waals surface area contributed by atoms with Crippen LogP contribution in [0.25, 0.3) is 0 Å². The monoisotopic (exact) mass is 239 g/mol. The average molecular weight is 239 g/mol. The van der Waals surface area contributed by atoms with Crippen molar-refractivity contribution in [3.63, 3.8) is 0 Å². The van der Waals surface area contributed by atoms with E-state index in [0.717, 1.165) is 24.9 Å². The zero-order valence-corrected chi connectivity index (χ0v) is 11.9. The lowest BCUT2D eigenvalue weighted by atomic mass is 9.83. The highest BCUT2D eigenvalue weighted by atomic mass is 16.2. The van der Waals surface area contributed by atoms with Crippen molar-refractivity contribution in [2.24, 2.45) is 11.8 Å². The molecule has 0 aromatic rings. The van der Waals surface area contributed by atoms with Gasteiger partial charge in [-0.1, -0.05) is 39.5 Å². The van der Waals surface area contributed by atoms with Crippen molar-refractivity contribution in [2.45, 2.75) is 65.7 Å². The van der Waals surface area contributed by atoms with Gasteiger partial charge in [0.1, 0.15) is 0 Å². The van der Waals surface area contributed by atoms with E-state index in [2.05, 4.69) is 13.8 Å². The molecule has 0 unspecified atom stereocenters. The number of rotatable bonds is 6. The van der Waals surface area contributed by atoms with Crippen LogP contribution in [-0.4, -0.2) is 23.9 Å². The smallest absolute Gasteiger partial charge is 0.219 e. The van der Waals surface area contributed by atoms with E-state index in [0.29, 0.717) is 0 Å². The number of carbonyl (C=O) groups is 1. The van der Waals surface area contributed by atoms with Crippen LogP contribution in [0, 0.1) is 11.8 Å². The molecule has 0 radical (unpaired) electrons. The van der Waals surface area contributed by atoms with Crippen LogP contribution in [-0.2, 0) is 4.79 Å². The third kappa shape index (κ3) is 5.10. The number of carbonyl (C=O) groups excluding carboxylic acids is 1. The molecule has 1 amide bonds. The van der Waals surface area contributed by atoms with Crippen LogP contribution < -0.4 is 0 Å². The van der Waals surface area contributed by atoms with Gasteiger partial charge in [-0.2, -0.15) is 0 Å². The van der Waals surface area contributed by atoms with Crippen LogP contribution >= 0.6 is 0 Å². The van der Waals surface area contributed by atoms with Crippen molar-refractivity contribution < 1.29 is 4.79 Å². The molecule has 0 spiro atoms. The minimum Gasteiger partial charge on any atom is -0.343 e. The number of nitrogens with zero attached hydrogens (tertiary/aromatic N) is 1. The number of hydrogen-bond acceptors (Lipinski definition) is 1. The Morgan fingerprint density at radius 2 is 1.71 bits per heavy atom. The predicted molar refractivity (Wildman–Crippen MR) is 72.9 cm³/mol. The summed E-state index contributed by atoms with van der Waals surface area (Å²) in [5.41, 5.74) is 0. The van der Waals surface area contributed by atoms with Gasteiger partial charge in [-0.25, -0.2) is 0 Å². The molecule has 1 rings (SSSR count). The lowest BCUT2D eigenvalue weighted by molar-refractivity contribution is -0.130. The van der Waals surface area contributed by atoms with E-state index in [1.54, 1.807) is 6.92 Å². The number of likely N-dealkylation sites (tertiary alicyclic amines) is 1. The summed E-state index contributed by atoms with van der Waals surface area (Å²) in [5.74, 6) is 2.05. The molecule has 1 aliphatic rings. The second-order valence-electron chi connectivity index (χ2n) is 5.63. The third-order valence-electron chi connectivity index (χ3n) is 4.12. The maximum absolute atomic E-state index is 11.3. The fourth-order valence-electron chi connectivity index (χ4n) is 3.15. The van der Waals surface area contributed by atoms with Crippen molar-refractivity contribution in [1.82, 2.24) is 4.90 Å². The first kappa shape index (κ1) is 14.5. The summed E-state index contributed by atoms with van der Waals surface area (Å²) in [6.45, 7) is 8.26. The Hall–Kier alpha value is -0.530. The van der Waals surface area contributed by atoms with E-state index in [1.807, 2.05) is 4.90 Å². The molecule has 100 valence electrons. The van der Waals surface area contributed by atoms with Gasteiger partial charge in [0.25, 0.3) is 0 Å². The molecule has 0 N–H and O–H groups in total. The van der Waals surface area contributed by atoms with Crippen molar-refractivity contribution in [3.05, 3.63) is 0 Å². The van der Waals surface area contributed by atoms with Gasteiger partial charge in [-0.15, -0.1) is 0 Å². The highest BCUT2D eigenvalue weighted by Gasteiger charge is 2.22. The third-order valence-corrected chi connectivity index (χ3v) is 4.12. The van der Waals surface area contributed by atoms with Gasteiger partial charge in [-0.3, -0.25) is 4.79 Å². The van der Waals surface area contributed by atoms with Gasteiger partial charge >= 0.3 is 0 Å². The number of amides is 1. The number of piperidine rings is 1. The van der Waals surface area contributed by atoms with E-state index < -0.39 is 0 Å². The molecule has 1 heterocycles. The minimum absolute atomic E-state index is 0.252. The summed E-state index contributed by atoms with van der Waals surface area (Å²) >= 11 is 0. The van der Waals surface area contributed by atoms with Gasteiger partial charge < -0.3 is 4.90 Å². The van der Waals surface area contributed by atoms with E-state index in [-0.39, 0.29) is 5.91 Å². The maximum Gasteiger partial charge on any atom is 0.219 e. The van der Waals surface area contributed by atoms with Crippen LogP contribution in [0.15, 0.2) is 0 Å². The molecule has 2 nitrogen and oxygen atoms in total. The molecule has 0 aliphatic carbocycles. The Bertz CT molecular complexity index is 213. The molecular weight excluding hydrogens is 210 g/mol. The fraction of sp³-hybridized carbons (Fsp3) is 0.933. The molecular formula is C15H29NO. The normalized spacial score (nSPS) is 17.8. The Kier molecular flexibility index (Phi) is 6.61. The summed E-state index contributed by atoms with van der Waals surface area (Å²) in [4.78, 5) is 13.3. The molecule has 1 fully saturated rings. The molecule has 1 aliphatic heterocycles. The summed E-state index contributed by atoms with van der Waals surface area (Å²) in [5, 5.41) is 0. The lowest BCUT2D eigenvalue weighted by Gasteiger charge is -2.33. The van der Waals surface area contributed by atoms with Crippen LogP contribution in [0.5, 0.6) is 0 Å². The molecule has 0 atom stereocenters. The summed E-state index contributed by atoms with van der Waals surface area (Å²) in [6.07, 6.45) is 9.26. The van der Waals surface area contributed by atoms with Gasteiger partial charge in [0.15, 0.2) is 0 Å². The summed E-state index contributed by atoms with van der Waals surface area (Å²) in [7, 11) is 0. The van der Waals surface area contributed by atoms with Crippen molar-refractivity contribution >= 4 is 5.91 Å². The highest BCUT2D eigenvalue weighted by molar-refractivity contribution is 5.73. The zero-order chi connectivity index (χ0) is 12.7. The zero-order valence-electron chi connectivity index (χ0n) is 11.9. The van der Waals surface area contributed by atoms with E-state index >= 15 is 0 Å². The van der Waals surface area contributed by atoms with Crippen LogP contribution in [0.1, 0.15) is 65.7 Å². The van der Waals surface area contributed by atoms with E-state index in [4.69, 9.17) is 0 Å². The predicted octanol–water partition coefficient (Wildman–Crippen LogP) is 3.85. The first-order valence-corrected chi connectivity index (χ1v) is 7.42. The Labute approximate surface area is 107 Å². The Balaban J connectivity index is 2.30. The molecule has 0 bridgehead atoms. The maximum atomic E-state index is 11.3. The van der Waals surface area contributed by atoms with Crippen LogP contribution in [0.2, 0.25) is 0 Å². The first-order valence-electron chi connectivity index (χ1n) is 7.42. The average Bonchev–Trinajstić information content (AvgIpc) is 2.30. The van der Waals surface area contributed by atoms with E-state index in [1.165, 1.54) is 44.9 Å². The second-order valence-corrected chi connectivity index (χ2v) is 5.63. The van der Waals surface area contributed by atoms with Gasteiger partial charge in [0.05, 0.1) is 0 Å². The summed E-state index contributed by atoms with van der Waals surface area (Å²) < 4.78 is 0. The van der Waals surface area contributed by atoms with Crippen LogP contribution in [0.4, 0.5) is 0 Å². The van der Waals surface area contributed by atoms with Gasteiger partial charge in [0.2, 0.25) is 5.91 Å². The number of hydrogen-bond donors (Lipinski definition) is 0. The second kappa shape index (κ2) is 7.73.